The highest BCUT2D eigenvalue weighted by atomic mass is 127. The molecule has 17 heavy (non-hydrogen) atoms. The molecule has 0 aliphatic carbocycles. The second-order valence-electron chi connectivity index (χ2n) is 3.79. The Morgan fingerprint density at radius 3 is 2.65 bits per heavy atom. The van der Waals surface area contributed by atoms with E-state index in [1.807, 2.05) is 29.5 Å². The predicted octanol–water partition coefficient (Wildman–Crippen LogP) is 0.981. The summed E-state index contributed by atoms with van der Waals surface area (Å²) in [5, 5.41) is 0. The van der Waals surface area contributed by atoms with Crippen LogP contribution < -0.4 is 5.56 Å². The first kappa shape index (κ1) is 14.6. The van der Waals surface area contributed by atoms with E-state index in [-0.39, 0.29) is 23.6 Å². The Labute approximate surface area is 114 Å². The van der Waals surface area contributed by atoms with Crippen LogP contribution in [0, 0.1) is 10.5 Å². The number of hydrogen-bond donors (Lipinski definition) is 0. The largest absolute Gasteiger partial charge is 0.297 e. The summed E-state index contributed by atoms with van der Waals surface area (Å²) in [6.45, 7) is 3.74. The number of aryl methyl sites for hydroxylation is 2. The zero-order chi connectivity index (χ0) is 13.1. The fourth-order valence-corrected chi connectivity index (χ4v) is 3.11. The lowest BCUT2D eigenvalue weighted by atomic mass is 10.4. The molecular formula is C10H15IN2O3S. The third kappa shape index (κ3) is 4.06. The Hall–Kier alpha value is -0.440. The monoisotopic (exact) mass is 370 g/mol. The molecule has 1 aromatic heterocycles. The van der Waals surface area contributed by atoms with Crippen molar-refractivity contribution in [3.8, 4) is 0 Å². The molecular weight excluding hydrogens is 355 g/mol. The molecule has 5 nitrogen and oxygen atoms in total. The highest BCUT2D eigenvalue weighted by Crippen LogP contribution is 2.02. The maximum Gasteiger partial charge on any atom is 0.267 e. The Bertz CT molecular complexity index is 551. The fourth-order valence-electron chi connectivity index (χ4n) is 1.36. The van der Waals surface area contributed by atoms with Crippen molar-refractivity contribution in [1.82, 2.24) is 9.55 Å². The van der Waals surface area contributed by atoms with Gasteiger partial charge in [-0.2, -0.15) is 0 Å². The van der Waals surface area contributed by atoms with Gasteiger partial charge in [-0.25, -0.2) is 13.4 Å². The van der Waals surface area contributed by atoms with Crippen LogP contribution in [-0.2, 0) is 16.4 Å². The molecule has 0 aliphatic heterocycles. The van der Waals surface area contributed by atoms with Crippen LogP contribution in [0.1, 0.15) is 19.0 Å². The van der Waals surface area contributed by atoms with Crippen molar-refractivity contribution < 1.29 is 8.42 Å². The fraction of sp³-hybridized carbons (Fsp3) is 0.600. The van der Waals surface area contributed by atoms with E-state index in [1.165, 1.54) is 10.9 Å². The van der Waals surface area contributed by atoms with Gasteiger partial charge in [0.2, 0.25) is 0 Å². The van der Waals surface area contributed by atoms with Crippen molar-refractivity contribution >= 4 is 32.4 Å². The van der Waals surface area contributed by atoms with Crippen LogP contribution in [0.5, 0.6) is 0 Å². The standard InChI is InChI=1S/C10H15IN2O3S/c1-3-5-17(15,16)6-4-13-7-12-8(2)9(11)10(13)14/h7H,3-6H2,1-2H3. The van der Waals surface area contributed by atoms with Crippen molar-refractivity contribution in [3.05, 3.63) is 25.9 Å². The Morgan fingerprint density at radius 1 is 1.41 bits per heavy atom. The molecule has 1 heterocycles. The molecule has 0 saturated carbocycles. The molecule has 0 amide bonds. The van der Waals surface area contributed by atoms with Gasteiger partial charge in [0.25, 0.3) is 5.56 Å². The second-order valence-corrected chi connectivity index (χ2v) is 7.18. The van der Waals surface area contributed by atoms with Crippen LogP contribution in [0.2, 0.25) is 0 Å². The third-order valence-electron chi connectivity index (χ3n) is 2.32. The minimum atomic E-state index is -3.06. The van der Waals surface area contributed by atoms with Gasteiger partial charge < -0.3 is 0 Å². The normalized spacial score (nSPS) is 11.7. The van der Waals surface area contributed by atoms with E-state index >= 15 is 0 Å². The van der Waals surface area contributed by atoms with Crippen molar-refractivity contribution in [2.24, 2.45) is 0 Å². The molecule has 0 radical (unpaired) electrons. The first-order chi connectivity index (χ1) is 7.87. The lowest BCUT2D eigenvalue weighted by Gasteiger charge is -2.07. The molecule has 0 N–H and O–H groups in total. The van der Waals surface area contributed by atoms with E-state index in [0.29, 0.717) is 15.7 Å². The molecule has 7 heteroatoms. The number of halogens is 1. The van der Waals surface area contributed by atoms with Crippen LogP contribution >= 0.6 is 22.6 Å². The van der Waals surface area contributed by atoms with Crippen LogP contribution in [0.4, 0.5) is 0 Å². The van der Waals surface area contributed by atoms with Gasteiger partial charge >= 0.3 is 0 Å². The molecule has 1 rings (SSSR count). The summed E-state index contributed by atoms with van der Waals surface area (Å²) >= 11 is 1.93. The van der Waals surface area contributed by atoms with E-state index in [2.05, 4.69) is 4.98 Å². The number of aromatic nitrogens is 2. The Morgan fingerprint density at radius 2 is 2.06 bits per heavy atom. The van der Waals surface area contributed by atoms with E-state index in [1.54, 1.807) is 6.92 Å². The lowest BCUT2D eigenvalue weighted by Crippen LogP contribution is -2.27. The van der Waals surface area contributed by atoms with Gasteiger partial charge in [0, 0.05) is 12.3 Å². The predicted molar refractivity (Wildman–Crippen MR) is 74.9 cm³/mol. The molecule has 0 aromatic carbocycles. The number of rotatable bonds is 5. The minimum Gasteiger partial charge on any atom is -0.297 e. The molecule has 0 spiro atoms. The molecule has 0 aliphatic rings. The summed E-state index contributed by atoms with van der Waals surface area (Å²) in [5.41, 5.74) is 0.494. The smallest absolute Gasteiger partial charge is 0.267 e. The van der Waals surface area contributed by atoms with Crippen LogP contribution in [-0.4, -0.2) is 29.5 Å². The highest BCUT2D eigenvalue weighted by Gasteiger charge is 2.11. The molecule has 0 unspecified atom stereocenters. The van der Waals surface area contributed by atoms with Gasteiger partial charge in [0.1, 0.15) is 0 Å². The Balaban J connectivity index is 2.85. The van der Waals surface area contributed by atoms with Crippen LogP contribution in [0.15, 0.2) is 11.1 Å². The molecule has 0 atom stereocenters. The van der Waals surface area contributed by atoms with Gasteiger partial charge in [-0.15, -0.1) is 0 Å². The summed E-state index contributed by atoms with van der Waals surface area (Å²) in [6, 6.07) is 0. The maximum absolute atomic E-state index is 11.8. The van der Waals surface area contributed by atoms with Gasteiger partial charge in [-0.05, 0) is 35.9 Å². The summed E-state index contributed by atoms with van der Waals surface area (Å²) in [7, 11) is -3.06. The zero-order valence-electron chi connectivity index (χ0n) is 9.81. The molecule has 1 aromatic rings. The van der Waals surface area contributed by atoms with E-state index < -0.39 is 9.84 Å². The van der Waals surface area contributed by atoms with Gasteiger partial charge in [0.05, 0.1) is 21.3 Å². The lowest BCUT2D eigenvalue weighted by molar-refractivity contribution is 0.584. The number of sulfone groups is 1. The number of nitrogens with zero attached hydrogens (tertiary/aromatic N) is 2. The number of hydrogen-bond acceptors (Lipinski definition) is 4. The molecule has 0 saturated heterocycles. The van der Waals surface area contributed by atoms with Gasteiger partial charge in [0.15, 0.2) is 9.84 Å². The van der Waals surface area contributed by atoms with E-state index in [4.69, 9.17) is 0 Å². The molecule has 0 fully saturated rings. The SMILES string of the molecule is CCCS(=O)(=O)CCn1cnc(C)c(I)c1=O. The van der Waals surface area contributed by atoms with Crippen molar-refractivity contribution in [2.75, 3.05) is 11.5 Å². The summed E-state index contributed by atoms with van der Waals surface area (Å²) in [4.78, 5) is 15.8. The molecule has 96 valence electrons. The van der Waals surface area contributed by atoms with Gasteiger partial charge in [-0.1, -0.05) is 6.92 Å². The van der Waals surface area contributed by atoms with E-state index in [9.17, 15) is 13.2 Å². The minimum absolute atomic E-state index is 0.0123. The quantitative estimate of drug-likeness (QED) is 0.725. The van der Waals surface area contributed by atoms with Crippen molar-refractivity contribution in [2.45, 2.75) is 26.8 Å². The third-order valence-corrected chi connectivity index (χ3v) is 5.39. The zero-order valence-corrected chi connectivity index (χ0v) is 12.8. The Kier molecular flexibility index (Phi) is 5.11. The second kappa shape index (κ2) is 5.94. The first-order valence-electron chi connectivity index (χ1n) is 5.29. The highest BCUT2D eigenvalue weighted by molar-refractivity contribution is 14.1. The van der Waals surface area contributed by atoms with E-state index in [0.717, 1.165) is 0 Å². The maximum atomic E-state index is 11.8. The first-order valence-corrected chi connectivity index (χ1v) is 8.19. The summed E-state index contributed by atoms with van der Waals surface area (Å²) < 4.78 is 24.9. The van der Waals surface area contributed by atoms with Crippen LogP contribution in [0.3, 0.4) is 0 Å². The van der Waals surface area contributed by atoms with Crippen molar-refractivity contribution in [1.29, 1.82) is 0 Å². The van der Waals surface area contributed by atoms with Crippen LogP contribution in [0.25, 0.3) is 0 Å². The van der Waals surface area contributed by atoms with Gasteiger partial charge in [-0.3, -0.25) is 9.36 Å². The van der Waals surface area contributed by atoms with Crippen molar-refractivity contribution in [3.63, 3.8) is 0 Å². The summed E-state index contributed by atoms with van der Waals surface area (Å²) in [5.74, 6) is 0.152. The summed E-state index contributed by atoms with van der Waals surface area (Å²) in [6.07, 6.45) is 2.00. The topological polar surface area (TPSA) is 69.0 Å². The molecule has 0 bridgehead atoms. The average molecular weight is 370 g/mol. The average Bonchev–Trinajstić information content (AvgIpc) is 2.25.